The number of alkyl halides is 3. The van der Waals surface area contributed by atoms with E-state index in [-0.39, 0.29) is 11.1 Å². The van der Waals surface area contributed by atoms with Crippen molar-refractivity contribution in [2.75, 3.05) is 0 Å². The van der Waals surface area contributed by atoms with Gasteiger partial charge in [0.15, 0.2) is 0 Å². The molecule has 0 radical (unpaired) electrons. The zero-order valence-electron chi connectivity index (χ0n) is 7.31. The number of hydrogen-bond acceptors (Lipinski definition) is 1. The molecule has 0 aromatic heterocycles. The Hall–Kier alpha value is -0.790. The molecule has 0 saturated heterocycles. The van der Waals surface area contributed by atoms with Crippen LogP contribution in [0.4, 0.5) is 13.2 Å². The number of benzene rings is 1. The third-order valence-corrected chi connectivity index (χ3v) is 2.23. The number of carboxylic acid groups (broad SMARTS) is 1. The second-order valence-corrected chi connectivity index (χ2v) is 4.19. The highest BCUT2D eigenvalue weighted by Gasteiger charge is 2.28. The summed E-state index contributed by atoms with van der Waals surface area (Å²) in [4.78, 5) is 10.6. The molecule has 1 aromatic rings. The first-order valence-corrected chi connectivity index (χ1v) is 4.95. The molecular weight excluding hydrogens is 324 g/mol. The number of carboxylic acids is 1. The zero-order chi connectivity index (χ0) is 11.6. The Balaban J connectivity index is 3.04. The fourth-order valence-electron chi connectivity index (χ4n) is 1.11. The van der Waals surface area contributed by atoms with Gasteiger partial charge in [0.05, 0.1) is 12.0 Å². The number of halogens is 4. The van der Waals surface area contributed by atoms with Crippen LogP contribution in [0.2, 0.25) is 0 Å². The van der Waals surface area contributed by atoms with Crippen molar-refractivity contribution in [1.29, 1.82) is 0 Å². The number of carbonyl (C=O) groups is 1. The molecule has 0 aliphatic carbocycles. The van der Waals surface area contributed by atoms with E-state index in [1.807, 2.05) is 0 Å². The first-order valence-electron chi connectivity index (χ1n) is 3.87. The van der Waals surface area contributed by atoms with Crippen molar-refractivity contribution < 1.29 is 23.1 Å². The topological polar surface area (TPSA) is 37.3 Å². The summed E-state index contributed by atoms with van der Waals surface area (Å²) in [7, 11) is 0. The highest BCUT2D eigenvalue weighted by molar-refractivity contribution is 14.1. The molecule has 6 heteroatoms. The Bertz CT molecular complexity index is 387. The zero-order valence-corrected chi connectivity index (χ0v) is 9.46. The van der Waals surface area contributed by atoms with E-state index in [9.17, 15) is 18.0 Å². The minimum absolute atomic E-state index is 0.0354. The maximum absolute atomic E-state index is 12.1. The predicted octanol–water partition coefficient (Wildman–Crippen LogP) is 3.09. The van der Waals surface area contributed by atoms with Crippen LogP contribution in [0, 0.1) is 3.57 Å². The van der Waals surface area contributed by atoms with Crippen molar-refractivity contribution in [3.63, 3.8) is 0 Å². The minimum atomic E-state index is -4.32. The second-order valence-electron chi connectivity index (χ2n) is 2.95. The largest absolute Gasteiger partial charge is 0.478 e. The average molecular weight is 330 g/mol. The van der Waals surface area contributed by atoms with E-state index in [1.165, 1.54) is 12.1 Å². The fraction of sp³-hybridized carbons (Fsp3) is 0.222. The lowest BCUT2D eigenvalue weighted by Crippen LogP contribution is -2.12. The number of hydrogen-bond donors (Lipinski definition) is 1. The molecule has 0 atom stereocenters. The van der Waals surface area contributed by atoms with Gasteiger partial charge in [-0.15, -0.1) is 0 Å². The molecule has 0 fully saturated rings. The molecule has 82 valence electrons. The van der Waals surface area contributed by atoms with Gasteiger partial charge in [-0.25, -0.2) is 4.79 Å². The Kier molecular flexibility index (Phi) is 3.58. The lowest BCUT2D eigenvalue weighted by atomic mass is 10.1. The van der Waals surface area contributed by atoms with Gasteiger partial charge in [0.1, 0.15) is 0 Å². The highest BCUT2D eigenvalue weighted by Crippen LogP contribution is 2.23. The van der Waals surface area contributed by atoms with Crippen molar-refractivity contribution in [1.82, 2.24) is 0 Å². The smallest absolute Gasteiger partial charge is 0.393 e. The van der Waals surface area contributed by atoms with Gasteiger partial charge in [-0.2, -0.15) is 13.2 Å². The first-order chi connectivity index (χ1) is 6.78. The predicted molar refractivity (Wildman–Crippen MR) is 55.9 cm³/mol. The van der Waals surface area contributed by atoms with Gasteiger partial charge in [-0.1, -0.05) is 0 Å². The summed E-state index contributed by atoms with van der Waals surface area (Å²) in [5, 5.41) is 8.65. The Morgan fingerprint density at radius 1 is 1.33 bits per heavy atom. The summed E-state index contributed by atoms with van der Waals surface area (Å²) >= 11 is 1.79. The molecule has 2 nitrogen and oxygen atoms in total. The van der Waals surface area contributed by atoms with E-state index in [0.29, 0.717) is 3.57 Å². The number of rotatable bonds is 2. The molecule has 0 heterocycles. The molecule has 1 aromatic carbocycles. The van der Waals surface area contributed by atoms with Crippen molar-refractivity contribution in [3.8, 4) is 0 Å². The van der Waals surface area contributed by atoms with Gasteiger partial charge in [-0.3, -0.25) is 0 Å². The van der Waals surface area contributed by atoms with Gasteiger partial charge < -0.3 is 5.11 Å². The quantitative estimate of drug-likeness (QED) is 0.846. The maximum atomic E-state index is 12.1. The van der Waals surface area contributed by atoms with Crippen LogP contribution in [0.3, 0.4) is 0 Å². The summed E-state index contributed by atoms with van der Waals surface area (Å²) in [6.45, 7) is 0. The summed E-state index contributed by atoms with van der Waals surface area (Å²) in [5.41, 5.74) is -0.159. The molecule has 0 bridgehead atoms. The average Bonchev–Trinajstić information content (AvgIpc) is 1.99. The molecule has 1 rings (SSSR count). The van der Waals surface area contributed by atoms with Gasteiger partial charge >= 0.3 is 12.1 Å². The van der Waals surface area contributed by atoms with E-state index >= 15 is 0 Å². The Morgan fingerprint density at radius 2 is 1.93 bits per heavy atom. The highest BCUT2D eigenvalue weighted by atomic mass is 127. The van der Waals surface area contributed by atoms with Crippen LogP contribution in [-0.4, -0.2) is 17.3 Å². The van der Waals surface area contributed by atoms with E-state index in [1.54, 1.807) is 22.6 Å². The van der Waals surface area contributed by atoms with E-state index in [0.717, 1.165) is 6.07 Å². The van der Waals surface area contributed by atoms with E-state index in [4.69, 9.17) is 5.11 Å². The van der Waals surface area contributed by atoms with Crippen molar-refractivity contribution in [2.24, 2.45) is 0 Å². The third-order valence-electron chi connectivity index (χ3n) is 1.61. The summed E-state index contributed by atoms with van der Waals surface area (Å²) in [6, 6.07) is 3.68. The van der Waals surface area contributed by atoms with Crippen LogP contribution in [0.5, 0.6) is 0 Å². The molecule has 0 spiro atoms. The van der Waals surface area contributed by atoms with Crippen LogP contribution in [-0.2, 0) is 6.42 Å². The van der Waals surface area contributed by atoms with Gasteiger partial charge in [-0.05, 0) is 46.4 Å². The SMILES string of the molecule is O=C(O)c1cc(I)cc(CC(F)(F)F)c1. The molecular formula is C9H6F3IO2. The minimum Gasteiger partial charge on any atom is -0.478 e. The van der Waals surface area contributed by atoms with Gasteiger partial charge in [0, 0.05) is 3.57 Å². The van der Waals surface area contributed by atoms with E-state index in [2.05, 4.69) is 0 Å². The van der Waals surface area contributed by atoms with Crippen LogP contribution in [0.15, 0.2) is 18.2 Å². The van der Waals surface area contributed by atoms with Gasteiger partial charge in [0.2, 0.25) is 0 Å². The molecule has 1 N–H and O–H groups in total. The fourth-order valence-corrected chi connectivity index (χ4v) is 1.84. The monoisotopic (exact) mass is 330 g/mol. The van der Waals surface area contributed by atoms with Crippen molar-refractivity contribution in [3.05, 3.63) is 32.9 Å². The van der Waals surface area contributed by atoms with Crippen LogP contribution in [0.25, 0.3) is 0 Å². The Morgan fingerprint density at radius 3 is 2.40 bits per heavy atom. The standard InChI is InChI=1S/C9H6F3IO2/c10-9(11,12)4-5-1-6(8(14)15)3-7(13)2-5/h1-3H,4H2,(H,14,15). The Labute approximate surface area is 97.2 Å². The van der Waals surface area contributed by atoms with Gasteiger partial charge in [0.25, 0.3) is 0 Å². The van der Waals surface area contributed by atoms with Crippen molar-refractivity contribution in [2.45, 2.75) is 12.6 Å². The van der Waals surface area contributed by atoms with E-state index < -0.39 is 18.6 Å². The molecule has 0 aliphatic heterocycles. The summed E-state index contributed by atoms with van der Waals surface area (Å²) in [6.07, 6.45) is -5.43. The lowest BCUT2D eigenvalue weighted by molar-refractivity contribution is -0.127. The molecule has 0 saturated carbocycles. The molecule has 15 heavy (non-hydrogen) atoms. The van der Waals surface area contributed by atoms with Crippen molar-refractivity contribution >= 4 is 28.6 Å². The third kappa shape index (κ3) is 4.06. The molecule has 0 amide bonds. The summed E-state index contributed by atoms with van der Waals surface area (Å²) in [5.74, 6) is -1.23. The normalized spacial score (nSPS) is 11.5. The molecule has 0 unspecified atom stereocenters. The number of aromatic carboxylic acids is 1. The lowest BCUT2D eigenvalue weighted by Gasteiger charge is -2.07. The second kappa shape index (κ2) is 4.38. The van der Waals surface area contributed by atoms with Crippen LogP contribution < -0.4 is 0 Å². The molecule has 0 aliphatic rings. The first kappa shape index (κ1) is 12.3. The maximum Gasteiger partial charge on any atom is 0.393 e. The summed E-state index contributed by atoms with van der Waals surface area (Å²) < 4.78 is 36.6. The van der Waals surface area contributed by atoms with Crippen LogP contribution >= 0.6 is 22.6 Å². The van der Waals surface area contributed by atoms with Crippen LogP contribution in [0.1, 0.15) is 15.9 Å².